The summed E-state index contributed by atoms with van der Waals surface area (Å²) in [6.07, 6.45) is 0. The summed E-state index contributed by atoms with van der Waals surface area (Å²) in [6, 6.07) is 8.46. The van der Waals surface area contributed by atoms with Crippen molar-refractivity contribution in [1.29, 1.82) is 0 Å². The molecule has 0 unspecified atom stereocenters. The largest absolute Gasteiger partial charge is 0.392 e. The Morgan fingerprint density at radius 3 is 2.48 bits per heavy atom. The van der Waals surface area contributed by atoms with Gasteiger partial charge in [-0.05, 0) is 23.3 Å². The minimum Gasteiger partial charge on any atom is -0.392 e. The van der Waals surface area contributed by atoms with Gasteiger partial charge < -0.3 is 10.4 Å². The Hall–Kier alpha value is -1.98. The zero-order chi connectivity index (χ0) is 15.4. The predicted molar refractivity (Wildman–Crippen MR) is 74.9 cm³/mol. The van der Waals surface area contributed by atoms with Crippen LogP contribution in [0.15, 0.2) is 36.4 Å². The third kappa shape index (κ3) is 3.56. The molecule has 0 atom stereocenters. The Bertz CT molecular complexity index is 677. The molecule has 0 aliphatic rings. The van der Waals surface area contributed by atoms with E-state index in [0.717, 1.165) is 12.1 Å². The molecular formula is C15H12ClF2NO2. The average molecular weight is 312 g/mol. The Kier molecular flexibility index (Phi) is 4.88. The van der Waals surface area contributed by atoms with Gasteiger partial charge in [0.2, 0.25) is 0 Å². The number of carbonyl (C=O) groups excluding carboxylic acids is 1. The van der Waals surface area contributed by atoms with Crippen LogP contribution in [0.25, 0.3) is 0 Å². The van der Waals surface area contributed by atoms with Crippen LogP contribution in [-0.4, -0.2) is 11.0 Å². The first-order chi connectivity index (χ1) is 10.0. The van der Waals surface area contributed by atoms with Crippen LogP contribution in [0, 0.1) is 11.6 Å². The van der Waals surface area contributed by atoms with E-state index in [1.807, 2.05) is 0 Å². The quantitative estimate of drug-likeness (QED) is 0.853. The van der Waals surface area contributed by atoms with Gasteiger partial charge in [0.05, 0.1) is 17.2 Å². The third-order valence-corrected chi connectivity index (χ3v) is 3.27. The molecule has 21 heavy (non-hydrogen) atoms. The summed E-state index contributed by atoms with van der Waals surface area (Å²) in [4.78, 5) is 11.9. The molecule has 6 heteroatoms. The second-order valence-electron chi connectivity index (χ2n) is 4.36. The van der Waals surface area contributed by atoms with Crippen LogP contribution >= 0.6 is 11.6 Å². The second-order valence-corrected chi connectivity index (χ2v) is 4.76. The van der Waals surface area contributed by atoms with E-state index in [1.165, 1.54) is 0 Å². The van der Waals surface area contributed by atoms with Gasteiger partial charge in [0.25, 0.3) is 5.91 Å². The molecule has 0 saturated carbocycles. The van der Waals surface area contributed by atoms with Crippen molar-refractivity contribution in [3.63, 3.8) is 0 Å². The molecular weight excluding hydrogens is 300 g/mol. The highest BCUT2D eigenvalue weighted by atomic mass is 35.5. The van der Waals surface area contributed by atoms with Crippen molar-refractivity contribution >= 4 is 17.5 Å². The van der Waals surface area contributed by atoms with Crippen LogP contribution in [0.2, 0.25) is 5.02 Å². The first-order valence-corrected chi connectivity index (χ1v) is 6.51. The van der Waals surface area contributed by atoms with Crippen LogP contribution in [0.1, 0.15) is 21.5 Å². The number of nitrogens with one attached hydrogen (secondary N) is 1. The lowest BCUT2D eigenvalue weighted by Crippen LogP contribution is -2.24. The Morgan fingerprint density at radius 2 is 1.81 bits per heavy atom. The van der Waals surface area contributed by atoms with Gasteiger partial charge in [-0.3, -0.25) is 4.79 Å². The minimum atomic E-state index is -0.894. The van der Waals surface area contributed by atoms with Crippen LogP contribution in [0.5, 0.6) is 0 Å². The number of amides is 1. The molecule has 0 radical (unpaired) electrons. The van der Waals surface area contributed by atoms with E-state index in [-0.39, 0.29) is 18.2 Å². The fraction of sp³-hybridized carbons (Fsp3) is 0.133. The lowest BCUT2D eigenvalue weighted by Gasteiger charge is -2.10. The summed E-state index contributed by atoms with van der Waals surface area (Å²) < 4.78 is 26.9. The Morgan fingerprint density at radius 1 is 1.14 bits per heavy atom. The normalized spacial score (nSPS) is 10.5. The molecule has 2 aromatic rings. The third-order valence-electron chi connectivity index (χ3n) is 2.98. The summed E-state index contributed by atoms with van der Waals surface area (Å²) >= 11 is 5.43. The number of halogens is 3. The SMILES string of the molecule is O=C(NCc1ccccc1CO)c1cc(F)c(Cl)cc1F. The zero-order valence-electron chi connectivity index (χ0n) is 10.9. The van der Waals surface area contributed by atoms with E-state index in [0.29, 0.717) is 11.1 Å². The van der Waals surface area contributed by atoms with Crippen LogP contribution in [-0.2, 0) is 13.2 Å². The van der Waals surface area contributed by atoms with Gasteiger partial charge in [-0.15, -0.1) is 0 Å². The Labute approximate surface area is 125 Å². The molecule has 110 valence electrons. The van der Waals surface area contributed by atoms with E-state index in [1.54, 1.807) is 24.3 Å². The first-order valence-electron chi connectivity index (χ1n) is 6.13. The summed E-state index contributed by atoms with van der Waals surface area (Å²) in [5, 5.41) is 11.3. The van der Waals surface area contributed by atoms with Gasteiger partial charge in [0.1, 0.15) is 11.6 Å². The molecule has 0 aliphatic heterocycles. The van der Waals surface area contributed by atoms with Crippen LogP contribution < -0.4 is 5.32 Å². The maximum Gasteiger partial charge on any atom is 0.254 e. The number of hydrogen-bond donors (Lipinski definition) is 2. The van der Waals surface area contributed by atoms with E-state index in [4.69, 9.17) is 11.6 Å². The number of benzene rings is 2. The topological polar surface area (TPSA) is 49.3 Å². The van der Waals surface area contributed by atoms with Crippen molar-refractivity contribution in [2.24, 2.45) is 0 Å². The molecule has 0 fully saturated rings. The van der Waals surface area contributed by atoms with E-state index >= 15 is 0 Å². The van der Waals surface area contributed by atoms with Gasteiger partial charge in [0, 0.05) is 6.54 Å². The molecule has 0 saturated heterocycles. The molecule has 2 N–H and O–H groups in total. The van der Waals surface area contributed by atoms with Gasteiger partial charge >= 0.3 is 0 Å². The molecule has 0 spiro atoms. The standard InChI is InChI=1S/C15H12ClF2NO2/c16-12-6-13(17)11(5-14(12)18)15(21)19-7-9-3-1-2-4-10(9)8-20/h1-6,20H,7-8H2,(H,19,21). The highest BCUT2D eigenvalue weighted by Crippen LogP contribution is 2.19. The van der Waals surface area contributed by atoms with Gasteiger partial charge in [-0.2, -0.15) is 0 Å². The molecule has 2 rings (SSSR count). The summed E-state index contributed by atoms with van der Waals surface area (Å²) in [5.41, 5.74) is 0.933. The smallest absolute Gasteiger partial charge is 0.254 e. The summed E-state index contributed by atoms with van der Waals surface area (Å²) in [6.45, 7) is -0.0742. The summed E-state index contributed by atoms with van der Waals surface area (Å²) in [7, 11) is 0. The number of aliphatic hydroxyl groups is 1. The maximum atomic E-state index is 13.6. The van der Waals surface area contributed by atoms with Crippen LogP contribution in [0.4, 0.5) is 8.78 Å². The molecule has 1 amide bonds. The highest BCUT2D eigenvalue weighted by Gasteiger charge is 2.15. The second kappa shape index (κ2) is 6.65. The van der Waals surface area contributed by atoms with E-state index in [2.05, 4.69) is 5.32 Å². The molecule has 0 bridgehead atoms. The monoisotopic (exact) mass is 311 g/mol. The lowest BCUT2D eigenvalue weighted by molar-refractivity contribution is 0.0946. The molecule has 0 heterocycles. The predicted octanol–water partition coefficient (Wildman–Crippen LogP) is 3.04. The highest BCUT2D eigenvalue weighted by molar-refractivity contribution is 6.30. The molecule has 3 nitrogen and oxygen atoms in total. The molecule has 0 aliphatic carbocycles. The van der Waals surface area contributed by atoms with Crippen molar-refractivity contribution in [2.75, 3.05) is 0 Å². The van der Waals surface area contributed by atoms with E-state index < -0.39 is 23.1 Å². The van der Waals surface area contributed by atoms with Crippen LogP contribution in [0.3, 0.4) is 0 Å². The van der Waals surface area contributed by atoms with Crippen molar-refractivity contribution in [1.82, 2.24) is 5.32 Å². The average Bonchev–Trinajstić information content (AvgIpc) is 2.48. The number of rotatable bonds is 4. The first kappa shape index (κ1) is 15.4. The van der Waals surface area contributed by atoms with Crippen molar-refractivity contribution in [3.8, 4) is 0 Å². The zero-order valence-corrected chi connectivity index (χ0v) is 11.6. The fourth-order valence-corrected chi connectivity index (χ4v) is 2.00. The minimum absolute atomic E-state index is 0.0965. The van der Waals surface area contributed by atoms with Gasteiger partial charge in [0.15, 0.2) is 0 Å². The maximum absolute atomic E-state index is 13.6. The lowest BCUT2D eigenvalue weighted by atomic mass is 10.1. The van der Waals surface area contributed by atoms with Crippen molar-refractivity contribution in [3.05, 3.63) is 69.7 Å². The summed E-state index contributed by atoms with van der Waals surface area (Å²) in [5.74, 6) is -2.51. The van der Waals surface area contributed by atoms with E-state index in [9.17, 15) is 18.7 Å². The van der Waals surface area contributed by atoms with Gasteiger partial charge in [-0.1, -0.05) is 35.9 Å². The number of hydrogen-bond acceptors (Lipinski definition) is 2. The van der Waals surface area contributed by atoms with Gasteiger partial charge in [-0.25, -0.2) is 8.78 Å². The molecule has 0 aromatic heterocycles. The van der Waals surface area contributed by atoms with Crippen molar-refractivity contribution < 1.29 is 18.7 Å². The fourth-order valence-electron chi connectivity index (χ4n) is 1.85. The molecule has 2 aromatic carbocycles. The Balaban J connectivity index is 2.14. The van der Waals surface area contributed by atoms with Crippen molar-refractivity contribution in [2.45, 2.75) is 13.2 Å². The number of carbonyl (C=O) groups is 1. The number of aliphatic hydroxyl groups excluding tert-OH is 1.